The number of hydrogen-bond donors (Lipinski definition) is 0. The third-order valence-corrected chi connectivity index (χ3v) is 8.63. The van der Waals surface area contributed by atoms with E-state index >= 15 is 4.39 Å². The van der Waals surface area contributed by atoms with Gasteiger partial charge in [0.15, 0.2) is 11.6 Å². The van der Waals surface area contributed by atoms with E-state index in [0.29, 0.717) is 23.7 Å². The van der Waals surface area contributed by atoms with Gasteiger partial charge in [0.2, 0.25) is 0 Å². The highest BCUT2D eigenvalue weighted by atomic mass is 19.1. The fraction of sp³-hybridized carbons (Fsp3) is 0.455. The van der Waals surface area contributed by atoms with Crippen molar-refractivity contribution in [3.05, 3.63) is 89.5 Å². The molecule has 0 N–H and O–H groups in total. The number of halogens is 2. The number of hydrogen-bond acceptors (Lipinski definition) is 1. The summed E-state index contributed by atoms with van der Waals surface area (Å²) in [5.41, 5.74) is 3.06. The van der Waals surface area contributed by atoms with E-state index in [2.05, 4.69) is 13.0 Å². The molecule has 0 amide bonds. The van der Waals surface area contributed by atoms with E-state index in [1.54, 1.807) is 18.2 Å². The molecule has 3 aromatic carbocycles. The van der Waals surface area contributed by atoms with Gasteiger partial charge in [-0.05, 0) is 90.7 Å². The van der Waals surface area contributed by atoms with E-state index in [-0.39, 0.29) is 11.6 Å². The average molecular weight is 489 g/mol. The van der Waals surface area contributed by atoms with Crippen LogP contribution in [-0.2, 0) is 6.61 Å². The lowest BCUT2D eigenvalue weighted by Gasteiger charge is -2.42. The molecule has 36 heavy (non-hydrogen) atoms. The van der Waals surface area contributed by atoms with Crippen LogP contribution in [0, 0.1) is 29.4 Å². The minimum Gasteiger partial charge on any atom is -0.486 e. The third kappa shape index (κ3) is 5.82. The van der Waals surface area contributed by atoms with Crippen molar-refractivity contribution in [3.63, 3.8) is 0 Å². The van der Waals surface area contributed by atoms with Crippen molar-refractivity contribution in [1.29, 1.82) is 0 Å². The van der Waals surface area contributed by atoms with Gasteiger partial charge in [-0.2, -0.15) is 0 Å². The Hall–Kier alpha value is -2.68. The van der Waals surface area contributed by atoms with Crippen molar-refractivity contribution in [1.82, 2.24) is 0 Å². The SMILES string of the molecule is CCCCC1CC[C@@H]2C[C@H](c3ccc(-c4ccc(OCc5ccccc5)c(F)c4)c(F)c3)CC[C@@H]2C1. The van der Waals surface area contributed by atoms with E-state index in [0.717, 1.165) is 35.3 Å². The van der Waals surface area contributed by atoms with E-state index in [1.807, 2.05) is 36.4 Å². The minimum absolute atomic E-state index is 0.181. The zero-order valence-electron chi connectivity index (χ0n) is 21.4. The van der Waals surface area contributed by atoms with Crippen LogP contribution < -0.4 is 4.74 Å². The van der Waals surface area contributed by atoms with Crippen molar-refractivity contribution in [2.24, 2.45) is 17.8 Å². The first-order chi connectivity index (χ1) is 17.6. The predicted molar refractivity (Wildman–Crippen MR) is 143 cm³/mol. The maximum absolute atomic E-state index is 15.2. The molecule has 3 aromatic rings. The fourth-order valence-corrected chi connectivity index (χ4v) is 6.58. The number of rotatable bonds is 8. The number of benzene rings is 3. The standard InChI is InChI=1S/C33H38F2O/c1-2-3-7-23-10-11-26-19-27(13-12-25(26)18-23)28-14-16-30(31(34)20-28)29-15-17-33(32(35)21-29)36-22-24-8-5-4-6-9-24/h4-6,8-9,14-17,20-21,23,25-27H,2-3,7,10-13,18-19,22H2,1H3/t23?,25-,26-,27-/m1/s1. The fourth-order valence-electron chi connectivity index (χ4n) is 6.58. The molecule has 0 spiro atoms. The summed E-state index contributed by atoms with van der Waals surface area (Å²) >= 11 is 0. The Bertz CT molecular complexity index is 1140. The van der Waals surface area contributed by atoms with Crippen LogP contribution in [0.4, 0.5) is 8.78 Å². The first-order valence-corrected chi connectivity index (χ1v) is 13.9. The zero-order chi connectivity index (χ0) is 24.9. The van der Waals surface area contributed by atoms with Crippen molar-refractivity contribution < 1.29 is 13.5 Å². The van der Waals surface area contributed by atoms with Gasteiger partial charge in [-0.15, -0.1) is 0 Å². The molecule has 2 aliphatic carbocycles. The van der Waals surface area contributed by atoms with Crippen LogP contribution in [0.5, 0.6) is 5.75 Å². The number of ether oxygens (including phenoxy) is 1. The van der Waals surface area contributed by atoms with Gasteiger partial charge in [0.25, 0.3) is 0 Å². The molecule has 0 aliphatic heterocycles. The molecule has 3 heteroatoms. The Morgan fingerprint density at radius 2 is 1.61 bits per heavy atom. The lowest BCUT2D eigenvalue weighted by molar-refractivity contribution is 0.113. The Balaban J connectivity index is 1.22. The zero-order valence-corrected chi connectivity index (χ0v) is 21.4. The maximum Gasteiger partial charge on any atom is 0.165 e. The van der Waals surface area contributed by atoms with Crippen LogP contribution in [0.2, 0.25) is 0 Å². The number of fused-ring (bicyclic) bond motifs is 1. The van der Waals surface area contributed by atoms with Gasteiger partial charge < -0.3 is 4.74 Å². The summed E-state index contributed by atoms with van der Waals surface area (Å²) in [6.45, 7) is 2.58. The van der Waals surface area contributed by atoms with Crippen molar-refractivity contribution >= 4 is 0 Å². The molecule has 190 valence electrons. The van der Waals surface area contributed by atoms with Gasteiger partial charge in [-0.25, -0.2) is 8.78 Å². The summed E-state index contributed by atoms with van der Waals surface area (Å²) in [4.78, 5) is 0. The molecule has 2 fully saturated rings. The minimum atomic E-state index is -0.472. The average Bonchev–Trinajstić information content (AvgIpc) is 2.91. The van der Waals surface area contributed by atoms with E-state index in [9.17, 15) is 4.39 Å². The van der Waals surface area contributed by atoms with Crippen LogP contribution >= 0.6 is 0 Å². The third-order valence-electron chi connectivity index (χ3n) is 8.63. The van der Waals surface area contributed by atoms with Gasteiger partial charge in [-0.1, -0.05) is 81.1 Å². The smallest absolute Gasteiger partial charge is 0.165 e. The van der Waals surface area contributed by atoms with Gasteiger partial charge in [0.05, 0.1) is 0 Å². The van der Waals surface area contributed by atoms with E-state index in [4.69, 9.17) is 4.74 Å². The van der Waals surface area contributed by atoms with Crippen molar-refractivity contribution in [2.45, 2.75) is 77.2 Å². The quantitative estimate of drug-likeness (QED) is 0.307. The van der Waals surface area contributed by atoms with Crippen molar-refractivity contribution in [3.8, 4) is 16.9 Å². The first kappa shape index (κ1) is 25.0. The highest BCUT2D eigenvalue weighted by molar-refractivity contribution is 5.65. The molecular weight excluding hydrogens is 450 g/mol. The summed E-state index contributed by atoms with van der Waals surface area (Å²) in [6, 6.07) is 20.0. The Kier molecular flexibility index (Phi) is 8.04. The largest absolute Gasteiger partial charge is 0.486 e. The maximum atomic E-state index is 15.2. The second kappa shape index (κ2) is 11.6. The molecule has 2 aliphatic rings. The van der Waals surface area contributed by atoms with Crippen LogP contribution in [0.3, 0.4) is 0 Å². The van der Waals surface area contributed by atoms with E-state index in [1.165, 1.54) is 57.4 Å². The number of unbranched alkanes of at least 4 members (excludes halogenated alkanes) is 1. The van der Waals surface area contributed by atoms with Crippen LogP contribution in [-0.4, -0.2) is 0 Å². The molecule has 0 aromatic heterocycles. The van der Waals surface area contributed by atoms with E-state index < -0.39 is 5.82 Å². The summed E-state index contributed by atoms with van der Waals surface area (Å²) in [6.07, 6.45) is 11.8. The molecule has 0 saturated heterocycles. The summed E-state index contributed by atoms with van der Waals surface area (Å²) in [5, 5.41) is 0. The molecule has 0 radical (unpaired) electrons. The lowest BCUT2D eigenvalue weighted by Crippen LogP contribution is -2.30. The first-order valence-electron chi connectivity index (χ1n) is 13.9. The molecule has 5 rings (SSSR count). The van der Waals surface area contributed by atoms with Gasteiger partial charge in [0.1, 0.15) is 12.4 Å². The monoisotopic (exact) mass is 488 g/mol. The highest BCUT2D eigenvalue weighted by Gasteiger charge is 2.35. The highest BCUT2D eigenvalue weighted by Crippen LogP contribution is 2.48. The summed E-state index contributed by atoms with van der Waals surface area (Å²) in [5.74, 6) is 2.46. The molecule has 2 saturated carbocycles. The normalized spacial score (nSPS) is 23.8. The lowest BCUT2D eigenvalue weighted by atomic mass is 9.63. The molecule has 4 atom stereocenters. The molecule has 1 nitrogen and oxygen atoms in total. The molecule has 1 unspecified atom stereocenters. The Morgan fingerprint density at radius 1 is 0.806 bits per heavy atom. The van der Waals surface area contributed by atoms with Gasteiger partial charge >= 0.3 is 0 Å². The predicted octanol–water partition coefficient (Wildman–Crippen LogP) is 9.70. The Morgan fingerprint density at radius 3 is 2.39 bits per heavy atom. The Labute approximate surface area is 214 Å². The van der Waals surface area contributed by atoms with Crippen LogP contribution in [0.15, 0.2) is 66.7 Å². The van der Waals surface area contributed by atoms with Crippen molar-refractivity contribution in [2.75, 3.05) is 0 Å². The second-order valence-electron chi connectivity index (χ2n) is 11.0. The molecular formula is C33H38F2O. The second-order valence-corrected chi connectivity index (χ2v) is 11.0. The van der Waals surface area contributed by atoms with Crippen LogP contribution in [0.25, 0.3) is 11.1 Å². The summed E-state index contributed by atoms with van der Waals surface area (Å²) < 4.78 is 35.6. The van der Waals surface area contributed by atoms with Gasteiger partial charge in [0, 0.05) is 5.56 Å². The van der Waals surface area contributed by atoms with Gasteiger partial charge in [-0.3, -0.25) is 0 Å². The summed E-state index contributed by atoms with van der Waals surface area (Å²) in [7, 11) is 0. The topological polar surface area (TPSA) is 9.23 Å². The van der Waals surface area contributed by atoms with Crippen LogP contribution in [0.1, 0.15) is 81.8 Å². The molecule has 0 bridgehead atoms. The molecule has 0 heterocycles.